The van der Waals surface area contributed by atoms with Crippen LogP contribution in [0.5, 0.6) is 0 Å². The first-order chi connectivity index (χ1) is 8.24. The molecule has 2 atom stereocenters. The van der Waals surface area contributed by atoms with Crippen molar-refractivity contribution in [2.24, 2.45) is 11.8 Å². The number of hydrogen-bond acceptors (Lipinski definition) is 1. The molecular formula is C16H23N. The molecule has 0 spiro atoms. The molecule has 0 saturated heterocycles. The lowest BCUT2D eigenvalue weighted by Gasteiger charge is -2.27. The van der Waals surface area contributed by atoms with Crippen molar-refractivity contribution in [2.75, 3.05) is 0 Å². The van der Waals surface area contributed by atoms with Crippen molar-refractivity contribution in [2.45, 2.75) is 58.8 Å². The Morgan fingerprint density at radius 2 is 1.94 bits per heavy atom. The molecule has 2 rings (SSSR count). The summed E-state index contributed by atoms with van der Waals surface area (Å²) in [7, 11) is 0. The molecule has 0 aliphatic heterocycles. The summed E-state index contributed by atoms with van der Waals surface area (Å²) in [6.45, 7) is 4.57. The van der Waals surface area contributed by atoms with Gasteiger partial charge in [-0.2, -0.15) is 5.26 Å². The monoisotopic (exact) mass is 229 g/mol. The molecule has 0 bridgehead atoms. The van der Waals surface area contributed by atoms with Crippen molar-refractivity contribution in [1.82, 2.24) is 0 Å². The van der Waals surface area contributed by atoms with E-state index in [9.17, 15) is 5.26 Å². The maximum Gasteiger partial charge on any atom is 0.0994 e. The Morgan fingerprint density at radius 1 is 1.18 bits per heavy atom. The van der Waals surface area contributed by atoms with Crippen LogP contribution in [0.1, 0.15) is 58.8 Å². The minimum absolute atomic E-state index is 0.583. The number of nitrogens with zero attached hydrogens (tertiary/aromatic N) is 1. The number of allylic oxidation sites excluding steroid dienone is 4. The Hall–Kier alpha value is -1.03. The number of nitriles is 1. The van der Waals surface area contributed by atoms with E-state index in [1.54, 1.807) is 0 Å². The largest absolute Gasteiger partial charge is 0.192 e. The molecular weight excluding hydrogens is 206 g/mol. The Balaban J connectivity index is 2.35. The topological polar surface area (TPSA) is 23.8 Å². The van der Waals surface area contributed by atoms with Crippen LogP contribution in [0.4, 0.5) is 0 Å². The molecule has 0 amide bonds. The van der Waals surface area contributed by atoms with Gasteiger partial charge in [0, 0.05) is 0 Å². The fraction of sp³-hybridized carbons (Fsp3) is 0.688. The van der Waals surface area contributed by atoms with Crippen molar-refractivity contribution in [3.8, 4) is 6.07 Å². The molecule has 0 aromatic carbocycles. The van der Waals surface area contributed by atoms with Gasteiger partial charge in [0.15, 0.2) is 0 Å². The van der Waals surface area contributed by atoms with E-state index in [1.165, 1.54) is 43.3 Å². The normalized spacial score (nSPS) is 32.6. The lowest BCUT2D eigenvalue weighted by atomic mass is 9.77. The van der Waals surface area contributed by atoms with Crippen molar-refractivity contribution < 1.29 is 0 Å². The summed E-state index contributed by atoms with van der Waals surface area (Å²) < 4.78 is 0. The van der Waals surface area contributed by atoms with E-state index in [0.29, 0.717) is 11.8 Å². The lowest BCUT2D eigenvalue weighted by molar-refractivity contribution is 0.477. The highest BCUT2D eigenvalue weighted by Crippen LogP contribution is 2.37. The zero-order valence-corrected chi connectivity index (χ0v) is 11.1. The first-order valence-corrected chi connectivity index (χ1v) is 7.07. The van der Waals surface area contributed by atoms with Gasteiger partial charge in [-0.15, -0.1) is 0 Å². The molecule has 0 heterocycles. The molecule has 1 saturated carbocycles. The van der Waals surface area contributed by atoms with Crippen LogP contribution >= 0.6 is 0 Å². The van der Waals surface area contributed by atoms with Crippen molar-refractivity contribution in [1.29, 1.82) is 5.26 Å². The SMILES string of the molecule is CC1CCCC=C1/C(C#N)=C1\CCCCC1C. The molecule has 2 aliphatic rings. The third-order valence-electron chi connectivity index (χ3n) is 4.39. The summed E-state index contributed by atoms with van der Waals surface area (Å²) in [6, 6.07) is 2.51. The molecule has 1 fully saturated rings. The minimum Gasteiger partial charge on any atom is -0.192 e. The Morgan fingerprint density at radius 3 is 2.59 bits per heavy atom. The minimum atomic E-state index is 0.583. The molecule has 0 aromatic heterocycles. The van der Waals surface area contributed by atoms with Crippen LogP contribution in [0, 0.1) is 23.2 Å². The van der Waals surface area contributed by atoms with Crippen LogP contribution in [-0.2, 0) is 0 Å². The van der Waals surface area contributed by atoms with Gasteiger partial charge >= 0.3 is 0 Å². The Kier molecular flexibility index (Phi) is 4.05. The highest BCUT2D eigenvalue weighted by molar-refractivity contribution is 5.48. The van der Waals surface area contributed by atoms with E-state index in [4.69, 9.17) is 0 Å². The fourth-order valence-corrected chi connectivity index (χ4v) is 3.27. The highest BCUT2D eigenvalue weighted by Gasteiger charge is 2.23. The second kappa shape index (κ2) is 5.54. The first kappa shape index (κ1) is 12.4. The quantitative estimate of drug-likeness (QED) is 0.594. The molecule has 2 aliphatic carbocycles. The third-order valence-corrected chi connectivity index (χ3v) is 4.39. The third kappa shape index (κ3) is 2.63. The molecule has 1 heteroatoms. The van der Waals surface area contributed by atoms with Gasteiger partial charge in [0.2, 0.25) is 0 Å². The maximum absolute atomic E-state index is 9.52. The lowest BCUT2D eigenvalue weighted by Crippen LogP contribution is -2.13. The number of rotatable bonds is 1. The van der Waals surface area contributed by atoms with Gasteiger partial charge < -0.3 is 0 Å². The molecule has 0 N–H and O–H groups in total. The highest BCUT2D eigenvalue weighted by atomic mass is 14.3. The van der Waals surface area contributed by atoms with Crippen molar-refractivity contribution >= 4 is 0 Å². The van der Waals surface area contributed by atoms with Crippen LogP contribution in [0.2, 0.25) is 0 Å². The Bertz CT molecular complexity index is 381. The van der Waals surface area contributed by atoms with Crippen LogP contribution in [-0.4, -0.2) is 0 Å². The summed E-state index contributed by atoms with van der Waals surface area (Å²) >= 11 is 0. The molecule has 1 nitrogen and oxygen atoms in total. The standard InChI is InChI=1S/C16H23N/c1-12-7-3-5-9-14(12)16(11-17)15-10-6-4-8-13(15)2/h9,12-13H,3-8,10H2,1-2H3/b16-15+. The number of hydrogen-bond donors (Lipinski definition) is 0. The van der Waals surface area contributed by atoms with Gasteiger partial charge in [0.1, 0.15) is 0 Å². The second-order valence-corrected chi connectivity index (χ2v) is 5.65. The van der Waals surface area contributed by atoms with Crippen molar-refractivity contribution in [3.05, 3.63) is 22.8 Å². The zero-order chi connectivity index (χ0) is 12.3. The maximum atomic E-state index is 9.52. The summed E-state index contributed by atoms with van der Waals surface area (Å²) in [5.74, 6) is 1.20. The molecule has 0 radical (unpaired) electrons. The summed E-state index contributed by atoms with van der Waals surface area (Å²) in [4.78, 5) is 0. The Labute approximate surface area is 105 Å². The smallest absolute Gasteiger partial charge is 0.0994 e. The van der Waals surface area contributed by atoms with Gasteiger partial charge in [-0.3, -0.25) is 0 Å². The van der Waals surface area contributed by atoms with Crippen molar-refractivity contribution in [3.63, 3.8) is 0 Å². The second-order valence-electron chi connectivity index (χ2n) is 5.65. The summed E-state index contributed by atoms with van der Waals surface area (Å²) in [6.07, 6.45) is 11.0. The van der Waals surface area contributed by atoms with E-state index in [1.807, 2.05) is 0 Å². The summed E-state index contributed by atoms with van der Waals surface area (Å²) in [5, 5.41) is 9.52. The van der Waals surface area contributed by atoms with E-state index in [2.05, 4.69) is 26.0 Å². The van der Waals surface area contributed by atoms with Crippen LogP contribution in [0.25, 0.3) is 0 Å². The van der Waals surface area contributed by atoms with Gasteiger partial charge in [-0.1, -0.05) is 26.3 Å². The predicted molar refractivity (Wildman–Crippen MR) is 71.4 cm³/mol. The average Bonchev–Trinajstić information content (AvgIpc) is 2.34. The van der Waals surface area contributed by atoms with E-state index >= 15 is 0 Å². The van der Waals surface area contributed by atoms with Crippen LogP contribution in [0.15, 0.2) is 22.8 Å². The summed E-state index contributed by atoms with van der Waals surface area (Å²) in [5.41, 5.74) is 3.84. The van der Waals surface area contributed by atoms with Gasteiger partial charge in [0.25, 0.3) is 0 Å². The van der Waals surface area contributed by atoms with Gasteiger partial charge in [-0.05, 0) is 61.5 Å². The van der Waals surface area contributed by atoms with Crippen LogP contribution in [0.3, 0.4) is 0 Å². The molecule has 0 aromatic rings. The predicted octanol–water partition coefficient (Wildman–Crippen LogP) is 4.76. The van der Waals surface area contributed by atoms with E-state index in [0.717, 1.165) is 18.4 Å². The average molecular weight is 229 g/mol. The van der Waals surface area contributed by atoms with Crippen LogP contribution < -0.4 is 0 Å². The molecule has 2 unspecified atom stereocenters. The van der Waals surface area contributed by atoms with E-state index in [-0.39, 0.29) is 0 Å². The molecule has 92 valence electrons. The first-order valence-electron chi connectivity index (χ1n) is 7.07. The molecule has 17 heavy (non-hydrogen) atoms. The van der Waals surface area contributed by atoms with Gasteiger partial charge in [0.05, 0.1) is 11.6 Å². The van der Waals surface area contributed by atoms with E-state index < -0.39 is 0 Å². The van der Waals surface area contributed by atoms with Gasteiger partial charge in [-0.25, -0.2) is 0 Å². The zero-order valence-electron chi connectivity index (χ0n) is 11.1. The fourth-order valence-electron chi connectivity index (χ4n) is 3.27.